The van der Waals surface area contributed by atoms with Gasteiger partial charge < -0.3 is 29.6 Å². The Bertz CT molecular complexity index is 1040. The molecular formula is C27H37N3O6. The van der Waals surface area contributed by atoms with Gasteiger partial charge in [0.1, 0.15) is 17.6 Å². The summed E-state index contributed by atoms with van der Waals surface area (Å²) in [5, 5.41) is 19.8. The highest BCUT2D eigenvalue weighted by atomic mass is 16.5. The van der Waals surface area contributed by atoms with E-state index in [1.165, 1.54) is 4.90 Å². The monoisotopic (exact) mass is 499 g/mol. The van der Waals surface area contributed by atoms with Gasteiger partial charge in [0.05, 0.1) is 18.1 Å². The van der Waals surface area contributed by atoms with Gasteiger partial charge >= 0.3 is 5.97 Å². The lowest BCUT2D eigenvalue weighted by Gasteiger charge is -2.37. The minimum Gasteiger partial charge on any atom is -0.481 e. The quantitative estimate of drug-likeness (QED) is 0.475. The Kier molecular flexibility index (Phi) is 6.92. The molecule has 0 aliphatic carbocycles. The summed E-state index contributed by atoms with van der Waals surface area (Å²) in [6.07, 6.45) is 2.01. The number of likely N-dealkylation sites (tertiary alicyclic amines) is 1. The van der Waals surface area contributed by atoms with Crippen LogP contribution in [-0.4, -0.2) is 82.9 Å². The fraction of sp³-hybridized carbons (Fsp3) is 0.593. The number of nitrogens with zero attached hydrogens (tertiary/aromatic N) is 3. The molecule has 1 aromatic rings. The Balaban J connectivity index is 1.77. The number of carboxylic acids is 1. The highest BCUT2D eigenvalue weighted by Gasteiger charge is 2.80. The highest BCUT2D eigenvalue weighted by molar-refractivity contribution is 6.04. The van der Waals surface area contributed by atoms with Crippen molar-refractivity contribution in [3.05, 3.63) is 36.9 Å². The largest absolute Gasteiger partial charge is 0.481 e. The van der Waals surface area contributed by atoms with Gasteiger partial charge in [-0.25, -0.2) is 0 Å². The molecule has 6 atom stereocenters. The van der Waals surface area contributed by atoms with Crippen LogP contribution in [0.25, 0.3) is 0 Å². The maximum absolute atomic E-state index is 14.3. The molecule has 3 aliphatic rings. The highest BCUT2D eigenvalue weighted by Crippen LogP contribution is 2.65. The number of ether oxygens (including phenoxy) is 1. The maximum atomic E-state index is 14.3. The summed E-state index contributed by atoms with van der Waals surface area (Å²) >= 11 is 0. The van der Waals surface area contributed by atoms with Crippen LogP contribution < -0.4 is 9.80 Å². The van der Waals surface area contributed by atoms with Crippen LogP contribution in [0, 0.1) is 17.8 Å². The lowest BCUT2D eigenvalue weighted by atomic mass is 9.62. The van der Waals surface area contributed by atoms with E-state index < -0.39 is 41.0 Å². The molecule has 2 bridgehead atoms. The first-order valence-electron chi connectivity index (χ1n) is 12.7. The van der Waals surface area contributed by atoms with Crippen molar-refractivity contribution in [2.24, 2.45) is 17.8 Å². The van der Waals surface area contributed by atoms with Crippen molar-refractivity contribution in [3.63, 3.8) is 0 Å². The zero-order valence-electron chi connectivity index (χ0n) is 21.5. The van der Waals surface area contributed by atoms with Crippen molar-refractivity contribution in [3.8, 4) is 0 Å². The molecule has 0 radical (unpaired) electrons. The molecule has 3 saturated heterocycles. The standard InChI is InChI=1S/C27H37N3O6/c1-6-13-29(19-11-9-18(10-12-19)28(7-2)8-3)24(33)22-27-16-17(4)26(5,36-27)21(25(34)35)20(27)23(32)30(22)14-15-31/h6,9-12,17,20-22,31H,1,7-8,13-16H2,2-5H3,(H,34,35)/t17?,20-,21+,22?,26-,27?/m0/s1. The van der Waals surface area contributed by atoms with Gasteiger partial charge in [0.25, 0.3) is 5.91 Å². The van der Waals surface area contributed by atoms with E-state index in [0.717, 1.165) is 18.8 Å². The first-order valence-corrected chi connectivity index (χ1v) is 12.7. The molecule has 4 rings (SSSR count). The molecule has 9 nitrogen and oxygen atoms in total. The van der Waals surface area contributed by atoms with E-state index in [1.54, 1.807) is 17.9 Å². The Morgan fingerprint density at radius 3 is 2.36 bits per heavy atom. The molecule has 3 aliphatic heterocycles. The van der Waals surface area contributed by atoms with Gasteiger partial charge in [0.15, 0.2) is 0 Å². The normalized spacial score (nSPS) is 32.5. The molecule has 3 fully saturated rings. The van der Waals surface area contributed by atoms with Crippen molar-refractivity contribution in [2.75, 3.05) is 42.6 Å². The summed E-state index contributed by atoms with van der Waals surface area (Å²) in [6, 6.07) is 6.61. The molecule has 2 amide bonds. The van der Waals surface area contributed by atoms with Crippen LogP contribution in [0.4, 0.5) is 11.4 Å². The van der Waals surface area contributed by atoms with Gasteiger partial charge in [0.2, 0.25) is 5.91 Å². The second-order valence-electron chi connectivity index (χ2n) is 10.2. The van der Waals surface area contributed by atoms with Gasteiger partial charge in [-0.3, -0.25) is 14.4 Å². The van der Waals surface area contributed by atoms with Crippen LogP contribution in [0.2, 0.25) is 0 Å². The van der Waals surface area contributed by atoms with Gasteiger partial charge in [-0.2, -0.15) is 0 Å². The van der Waals surface area contributed by atoms with Crippen molar-refractivity contribution in [1.29, 1.82) is 0 Å². The summed E-state index contributed by atoms with van der Waals surface area (Å²) in [7, 11) is 0. The predicted octanol–water partition coefficient (Wildman–Crippen LogP) is 2.14. The zero-order valence-corrected chi connectivity index (χ0v) is 21.5. The number of fused-ring (bicyclic) bond motifs is 1. The first kappa shape index (κ1) is 26.2. The Labute approximate surface area is 212 Å². The van der Waals surface area contributed by atoms with Crippen molar-refractivity contribution in [2.45, 2.75) is 51.4 Å². The number of anilines is 2. The van der Waals surface area contributed by atoms with Crippen molar-refractivity contribution < 1.29 is 29.3 Å². The molecule has 1 spiro atoms. The Morgan fingerprint density at radius 1 is 1.22 bits per heavy atom. The number of rotatable bonds is 10. The molecular weight excluding hydrogens is 462 g/mol. The number of hydrogen-bond donors (Lipinski definition) is 2. The summed E-state index contributed by atoms with van der Waals surface area (Å²) in [6.45, 7) is 13.1. The zero-order chi connectivity index (χ0) is 26.4. The van der Waals surface area contributed by atoms with Crippen molar-refractivity contribution in [1.82, 2.24) is 4.90 Å². The number of hydrogen-bond acceptors (Lipinski definition) is 6. The van der Waals surface area contributed by atoms with E-state index in [9.17, 15) is 24.6 Å². The van der Waals surface area contributed by atoms with Crippen LogP contribution in [0.1, 0.15) is 34.1 Å². The lowest BCUT2D eigenvalue weighted by Crippen LogP contribution is -2.57. The number of β-amino-alcohol motifs (C(OH)–C–C–N with tert-alkyl or cyclic N) is 1. The van der Waals surface area contributed by atoms with Crippen LogP contribution in [-0.2, 0) is 19.1 Å². The van der Waals surface area contributed by atoms with Crippen LogP contribution >= 0.6 is 0 Å². The van der Waals surface area contributed by atoms with E-state index in [-0.39, 0.29) is 31.5 Å². The molecule has 0 aromatic heterocycles. The summed E-state index contributed by atoms with van der Waals surface area (Å²) in [5.41, 5.74) is -0.630. The predicted molar refractivity (Wildman–Crippen MR) is 136 cm³/mol. The molecule has 2 N–H and O–H groups in total. The smallest absolute Gasteiger partial charge is 0.310 e. The first-order chi connectivity index (χ1) is 17.1. The topological polar surface area (TPSA) is 111 Å². The van der Waals surface area contributed by atoms with Gasteiger partial charge in [-0.05, 0) is 57.4 Å². The average molecular weight is 500 g/mol. The number of carbonyl (C=O) groups excluding carboxylic acids is 2. The molecule has 0 saturated carbocycles. The Hall–Kier alpha value is -2.91. The van der Waals surface area contributed by atoms with Crippen molar-refractivity contribution >= 4 is 29.2 Å². The fourth-order valence-corrected chi connectivity index (χ4v) is 6.77. The van der Waals surface area contributed by atoms with E-state index in [2.05, 4.69) is 25.3 Å². The lowest BCUT2D eigenvalue weighted by molar-refractivity contribution is -0.156. The van der Waals surface area contributed by atoms with Gasteiger partial charge in [0, 0.05) is 37.6 Å². The third kappa shape index (κ3) is 3.63. The fourth-order valence-electron chi connectivity index (χ4n) is 6.77. The Morgan fingerprint density at radius 2 is 1.83 bits per heavy atom. The number of amides is 2. The minimum absolute atomic E-state index is 0.0723. The van der Waals surface area contributed by atoms with Crippen LogP contribution in [0.3, 0.4) is 0 Å². The maximum Gasteiger partial charge on any atom is 0.310 e. The van der Waals surface area contributed by atoms with E-state index in [0.29, 0.717) is 12.1 Å². The molecule has 3 heterocycles. The summed E-state index contributed by atoms with van der Waals surface area (Å²) in [4.78, 5) is 45.3. The van der Waals surface area contributed by atoms with Gasteiger partial charge in [-0.1, -0.05) is 13.0 Å². The van der Waals surface area contributed by atoms with Crippen LogP contribution in [0.5, 0.6) is 0 Å². The van der Waals surface area contributed by atoms with Crippen LogP contribution in [0.15, 0.2) is 36.9 Å². The number of benzene rings is 1. The van der Waals surface area contributed by atoms with E-state index in [4.69, 9.17) is 4.74 Å². The molecule has 3 unspecified atom stereocenters. The third-order valence-corrected chi connectivity index (χ3v) is 8.52. The second kappa shape index (κ2) is 9.52. The van der Waals surface area contributed by atoms with E-state index in [1.807, 2.05) is 31.2 Å². The number of carbonyl (C=O) groups is 3. The molecule has 196 valence electrons. The minimum atomic E-state index is -1.26. The second-order valence-corrected chi connectivity index (χ2v) is 10.2. The summed E-state index contributed by atoms with van der Waals surface area (Å²) < 4.78 is 6.48. The SMILES string of the molecule is C=CCN(C(=O)C1N(CCO)C(=O)[C@@H]2[C@H](C(=O)O)[C@@]3(C)OC12CC3C)c1ccc(N(CC)CC)cc1. The average Bonchev–Trinajstić information content (AvgIpc) is 3.36. The van der Waals surface area contributed by atoms with E-state index >= 15 is 0 Å². The number of aliphatic hydroxyl groups is 1. The molecule has 36 heavy (non-hydrogen) atoms. The molecule has 1 aromatic carbocycles. The molecule has 9 heteroatoms. The number of aliphatic hydroxyl groups excluding tert-OH is 1. The number of carboxylic acid groups (broad SMARTS) is 1. The number of aliphatic carboxylic acids is 1. The summed E-state index contributed by atoms with van der Waals surface area (Å²) in [5.74, 6) is -4.11. The van der Waals surface area contributed by atoms with Gasteiger partial charge in [-0.15, -0.1) is 6.58 Å². The third-order valence-electron chi connectivity index (χ3n) is 8.52.